The molecule has 204 valence electrons. The Hall–Kier alpha value is -5.23. The van der Waals surface area contributed by atoms with Gasteiger partial charge in [-0.05, 0) is 54.1 Å². The number of benzene rings is 4. The van der Waals surface area contributed by atoms with Gasteiger partial charge in [0.1, 0.15) is 18.4 Å². The maximum atomic E-state index is 13.1. The highest BCUT2D eigenvalue weighted by Crippen LogP contribution is 2.22. The minimum absolute atomic E-state index is 0.121. The van der Waals surface area contributed by atoms with E-state index < -0.39 is 12.0 Å². The van der Waals surface area contributed by atoms with Crippen LogP contribution >= 0.6 is 0 Å². The summed E-state index contributed by atoms with van der Waals surface area (Å²) in [5.74, 6) is 0.176. The summed E-state index contributed by atoms with van der Waals surface area (Å²) >= 11 is 0. The van der Waals surface area contributed by atoms with Crippen LogP contribution in [0.25, 0.3) is 17.0 Å². The summed E-state index contributed by atoms with van der Waals surface area (Å²) in [5, 5.41) is 4.35. The molecule has 5 rings (SSSR count). The van der Waals surface area contributed by atoms with Crippen molar-refractivity contribution in [3.05, 3.63) is 144 Å². The molecule has 0 amide bonds. The van der Waals surface area contributed by atoms with Crippen molar-refractivity contribution >= 4 is 34.4 Å². The van der Waals surface area contributed by atoms with Gasteiger partial charge in [-0.1, -0.05) is 78.9 Å². The van der Waals surface area contributed by atoms with E-state index in [0.717, 1.165) is 22.2 Å². The number of esters is 1. The highest BCUT2D eigenvalue weighted by atomic mass is 16.5. The lowest BCUT2D eigenvalue weighted by Gasteiger charge is -2.20. The van der Waals surface area contributed by atoms with Crippen LogP contribution in [0, 0.1) is 0 Å². The number of pyridine rings is 1. The van der Waals surface area contributed by atoms with Crippen molar-refractivity contribution in [1.82, 2.24) is 4.98 Å². The molecule has 0 radical (unpaired) electrons. The average molecular weight is 543 g/mol. The summed E-state index contributed by atoms with van der Waals surface area (Å²) in [6.45, 7) is 0.395. The van der Waals surface area contributed by atoms with E-state index in [1.807, 2.05) is 91.0 Å². The zero-order valence-electron chi connectivity index (χ0n) is 22.7. The number of carbonyl (C=O) groups excluding carboxylic acids is 2. The van der Waals surface area contributed by atoms with Gasteiger partial charge in [0.2, 0.25) is 0 Å². The van der Waals surface area contributed by atoms with Crippen molar-refractivity contribution < 1.29 is 19.1 Å². The Morgan fingerprint density at radius 1 is 0.829 bits per heavy atom. The third-order valence-corrected chi connectivity index (χ3v) is 6.64. The smallest absolute Gasteiger partial charge is 0.328 e. The van der Waals surface area contributed by atoms with E-state index in [1.54, 1.807) is 30.3 Å². The molecular weight excluding hydrogens is 512 g/mol. The largest absolute Gasteiger partial charge is 0.490 e. The normalized spacial score (nSPS) is 11.7. The van der Waals surface area contributed by atoms with Gasteiger partial charge in [-0.25, -0.2) is 9.78 Å². The fourth-order valence-corrected chi connectivity index (χ4v) is 4.52. The molecule has 0 saturated heterocycles. The van der Waals surface area contributed by atoms with Crippen molar-refractivity contribution in [1.29, 1.82) is 0 Å². The number of nitrogens with zero attached hydrogens (tertiary/aromatic N) is 1. The summed E-state index contributed by atoms with van der Waals surface area (Å²) in [6.07, 6.45) is 4.23. The lowest BCUT2D eigenvalue weighted by atomic mass is 10.00. The van der Waals surface area contributed by atoms with E-state index >= 15 is 0 Å². The van der Waals surface area contributed by atoms with Gasteiger partial charge in [0.05, 0.1) is 18.3 Å². The molecule has 1 aromatic heterocycles. The van der Waals surface area contributed by atoms with Gasteiger partial charge in [-0.2, -0.15) is 0 Å². The summed E-state index contributed by atoms with van der Waals surface area (Å²) in [5.41, 5.74) is 4.39. The Labute approximate surface area is 239 Å². The Morgan fingerprint density at radius 3 is 2.37 bits per heavy atom. The second kappa shape index (κ2) is 13.2. The number of nitrogens with one attached hydrogen (secondary N) is 1. The van der Waals surface area contributed by atoms with Crippen LogP contribution in [0.1, 0.15) is 27.2 Å². The second-order valence-corrected chi connectivity index (χ2v) is 9.45. The van der Waals surface area contributed by atoms with Crippen LogP contribution in [-0.2, 0) is 16.0 Å². The van der Waals surface area contributed by atoms with Crippen LogP contribution in [0.4, 0.5) is 5.69 Å². The van der Waals surface area contributed by atoms with Crippen molar-refractivity contribution in [3.63, 3.8) is 0 Å². The first-order valence-electron chi connectivity index (χ1n) is 13.4. The summed E-state index contributed by atoms with van der Waals surface area (Å²) in [7, 11) is 1.36. The van der Waals surface area contributed by atoms with Crippen LogP contribution < -0.4 is 10.1 Å². The minimum atomic E-state index is -0.686. The molecule has 0 spiro atoms. The number of rotatable bonds is 11. The van der Waals surface area contributed by atoms with Crippen molar-refractivity contribution in [2.75, 3.05) is 19.0 Å². The van der Waals surface area contributed by atoms with Crippen LogP contribution in [0.15, 0.2) is 121 Å². The molecule has 1 N–H and O–H groups in total. The fraction of sp³-hybridized carbons (Fsp3) is 0.114. The minimum Gasteiger partial charge on any atom is -0.490 e. The van der Waals surface area contributed by atoms with Gasteiger partial charge in [-0.3, -0.25) is 4.79 Å². The molecule has 0 aliphatic rings. The van der Waals surface area contributed by atoms with Gasteiger partial charge in [0, 0.05) is 28.6 Å². The van der Waals surface area contributed by atoms with E-state index in [4.69, 9.17) is 9.47 Å². The van der Waals surface area contributed by atoms with Gasteiger partial charge >= 0.3 is 5.97 Å². The molecule has 0 fully saturated rings. The van der Waals surface area contributed by atoms with E-state index in [2.05, 4.69) is 16.4 Å². The van der Waals surface area contributed by atoms with Crippen LogP contribution in [0.2, 0.25) is 0 Å². The molecule has 4 aromatic carbocycles. The lowest BCUT2D eigenvalue weighted by molar-refractivity contribution is -0.141. The molecule has 41 heavy (non-hydrogen) atoms. The average Bonchev–Trinajstić information content (AvgIpc) is 3.03. The molecule has 0 saturated carbocycles. The van der Waals surface area contributed by atoms with Gasteiger partial charge < -0.3 is 14.8 Å². The fourth-order valence-electron chi connectivity index (χ4n) is 4.52. The standard InChI is InChI=1S/C35H30N2O4/c1-40-35(39)33(37-32-16-8-6-14-30(32)34(38)27-11-3-2-4-12-27)24-25-17-21-29(22-18-25)41-23-9-13-28-20-19-26-10-5-7-15-31(26)36-28/h2-22,33,37H,23-24H2,1H3/t33-/m0/s1. The predicted octanol–water partition coefficient (Wildman–Crippen LogP) is 6.75. The molecular formula is C35H30N2O4. The van der Waals surface area contributed by atoms with Gasteiger partial charge in [0.15, 0.2) is 5.78 Å². The molecule has 6 nitrogen and oxygen atoms in total. The van der Waals surface area contributed by atoms with Crippen LogP contribution in [0.5, 0.6) is 5.75 Å². The van der Waals surface area contributed by atoms with Gasteiger partial charge in [-0.15, -0.1) is 0 Å². The van der Waals surface area contributed by atoms with E-state index in [-0.39, 0.29) is 5.78 Å². The number of hydrogen-bond acceptors (Lipinski definition) is 6. The maximum Gasteiger partial charge on any atom is 0.328 e. The van der Waals surface area contributed by atoms with Gasteiger partial charge in [0.25, 0.3) is 0 Å². The molecule has 0 aliphatic heterocycles. The van der Waals surface area contributed by atoms with E-state index in [1.165, 1.54) is 7.11 Å². The summed E-state index contributed by atoms with van der Waals surface area (Å²) in [6, 6.07) is 35.2. The molecule has 6 heteroatoms. The number of aromatic nitrogens is 1. The first-order valence-corrected chi connectivity index (χ1v) is 13.4. The second-order valence-electron chi connectivity index (χ2n) is 9.45. The Morgan fingerprint density at radius 2 is 1.56 bits per heavy atom. The molecule has 0 bridgehead atoms. The molecule has 1 heterocycles. The molecule has 1 atom stereocenters. The van der Waals surface area contributed by atoms with E-state index in [9.17, 15) is 9.59 Å². The SMILES string of the molecule is COC(=O)[C@H](Cc1ccc(OCC=Cc2ccc3ccccc3n2)cc1)Nc1ccccc1C(=O)c1ccccc1. The predicted molar refractivity (Wildman–Crippen MR) is 162 cm³/mol. The number of methoxy groups -OCH3 is 1. The highest BCUT2D eigenvalue weighted by molar-refractivity contribution is 6.12. The van der Waals surface area contributed by atoms with Crippen molar-refractivity contribution in [2.45, 2.75) is 12.5 Å². The highest BCUT2D eigenvalue weighted by Gasteiger charge is 2.22. The number of hydrogen-bond donors (Lipinski definition) is 1. The zero-order valence-corrected chi connectivity index (χ0v) is 22.7. The quantitative estimate of drug-likeness (QED) is 0.147. The number of fused-ring (bicyclic) bond motifs is 1. The maximum absolute atomic E-state index is 13.1. The van der Waals surface area contributed by atoms with Crippen LogP contribution in [-0.4, -0.2) is 36.5 Å². The first-order chi connectivity index (χ1) is 20.1. The molecule has 0 unspecified atom stereocenters. The topological polar surface area (TPSA) is 77.5 Å². The Bertz CT molecular complexity index is 1660. The first kappa shape index (κ1) is 27.3. The third kappa shape index (κ3) is 7.05. The lowest BCUT2D eigenvalue weighted by Crippen LogP contribution is -2.33. The molecule has 0 aliphatic carbocycles. The number of anilines is 1. The monoisotopic (exact) mass is 542 g/mol. The number of ketones is 1. The molecule has 5 aromatic rings. The van der Waals surface area contributed by atoms with Crippen molar-refractivity contribution in [2.24, 2.45) is 0 Å². The Balaban J connectivity index is 1.21. The third-order valence-electron chi connectivity index (χ3n) is 6.64. The van der Waals surface area contributed by atoms with E-state index in [0.29, 0.717) is 35.6 Å². The number of carbonyl (C=O) groups is 2. The summed E-state index contributed by atoms with van der Waals surface area (Å²) in [4.78, 5) is 30.5. The van der Waals surface area contributed by atoms with Crippen LogP contribution in [0.3, 0.4) is 0 Å². The van der Waals surface area contributed by atoms with Crippen molar-refractivity contribution in [3.8, 4) is 5.75 Å². The number of ether oxygens (including phenoxy) is 2. The zero-order chi connectivity index (χ0) is 28.4. The number of para-hydroxylation sites is 2. The Kier molecular flexibility index (Phi) is 8.81. The summed E-state index contributed by atoms with van der Waals surface area (Å²) < 4.78 is 10.9.